The normalized spacial score (nSPS) is 31.1. The molecule has 4 saturated heterocycles. The van der Waals surface area contributed by atoms with Crippen molar-refractivity contribution in [1.29, 1.82) is 0 Å². The first kappa shape index (κ1) is 36.4. The van der Waals surface area contributed by atoms with Gasteiger partial charge in [0.05, 0.1) is 36.0 Å². The number of carbonyl (C=O) groups is 1. The van der Waals surface area contributed by atoms with Crippen LogP contribution in [0.3, 0.4) is 0 Å². The SMILES string of the molecule is CCc1c(F)ccc2cc(O)cc(C3CNCC4=CC(c5nc(OC[C@@]67CCCN6C[C@H](F)C7)nc6ccccc56)(C5COCC(Cl)N5C=O)NN4C3F)c12. The number of hydrazine groups is 1. The summed E-state index contributed by atoms with van der Waals surface area (Å²) in [6, 6.07) is 12.7. The summed E-state index contributed by atoms with van der Waals surface area (Å²) in [5.74, 6) is -1.32. The minimum absolute atomic E-state index is 0.0429. The van der Waals surface area contributed by atoms with Crippen LogP contribution in [-0.2, 0) is 21.5 Å². The van der Waals surface area contributed by atoms with E-state index in [9.17, 15) is 14.3 Å². The molecule has 0 aliphatic carbocycles. The summed E-state index contributed by atoms with van der Waals surface area (Å²) in [7, 11) is 0. The van der Waals surface area contributed by atoms with Crippen LogP contribution >= 0.6 is 11.6 Å². The van der Waals surface area contributed by atoms with Crippen LogP contribution in [0.15, 0.2) is 60.3 Å². The Bertz CT molecular complexity index is 2180. The van der Waals surface area contributed by atoms with Crippen LogP contribution in [0.25, 0.3) is 21.7 Å². The van der Waals surface area contributed by atoms with Crippen molar-refractivity contribution >= 4 is 39.7 Å². The average molecular weight is 778 g/mol. The Hall–Kier alpha value is -4.21. The Morgan fingerprint density at radius 1 is 1.16 bits per heavy atom. The van der Waals surface area contributed by atoms with Gasteiger partial charge in [0.25, 0.3) is 0 Å². The molecular formula is C40H43ClF3N7O4. The Balaban J connectivity index is 1.16. The van der Waals surface area contributed by atoms with E-state index in [2.05, 4.69) is 15.6 Å². The number of nitrogens with zero attached hydrogens (tertiary/aromatic N) is 5. The van der Waals surface area contributed by atoms with Gasteiger partial charge in [-0.3, -0.25) is 14.7 Å². The third kappa shape index (κ3) is 5.99. The van der Waals surface area contributed by atoms with Gasteiger partial charge >= 0.3 is 6.01 Å². The quantitative estimate of drug-likeness (QED) is 0.126. The maximum atomic E-state index is 17.6. The number of nitrogens with one attached hydrogen (secondary N) is 2. The summed E-state index contributed by atoms with van der Waals surface area (Å²) in [5.41, 5.74) is 3.20. The highest BCUT2D eigenvalue weighted by Gasteiger charge is 2.55. The van der Waals surface area contributed by atoms with Gasteiger partial charge in [-0.1, -0.05) is 42.8 Å². The zero-order valence-electron chi connectivity index (χ0n) is 30.4. The molecule has 4 fully saturated rings. The number of amides is 1. The number of aromatic hydroxyl groups is 1. The van der Waals surface area contributed by atoms with Gasteiger partial charge in [-0.2, -0.15) is 9.97 Å². The summed E-state index contributed by atoms with van der Waals surface area (Å²) < 4.78 is 59.9. The number of fused-ring (bicyclic) bond motifs is 4. The lowest BCUT2D eigenvalue weighted by Gasteiger charge is -2.46. The van der Waals surface area contributed by atoms with Crippen molar-refractivity contribution < 1.29 is 32.5 Å². The molecule has 11 nitrogen and oxygen atoms in total. The van der Waals surface area contributed by atoms with E-state index < -0.39 is 46.8 Å². The number of ether oxygens (including phenoxy) is 2. The molecule has 1 amide bonds. The van der Waals surface area contributed by atoms with Crippen LogP contribution in [0.2, 0.25) is 0 Å². The van der Waals surface area contributed by atoms with E-state index in [-0.39, 0.29) is 44.7 Å². The van der Waals surface area contributed by atoms with E-state index in [1.54, 1.807) is 12.1 Å². The predicted octanol–water partition coefficient (Wildman–Crippen LogP) is 5.15. The van der Waals surface area contributed by atoms with Crippen molar-refractivity contribution in [2.45, 2.75) is 73.6 Å². The third-order valence-corrected chi connectivity index (χ3v) is 12.6. The second-order valence-electron chi connectivity index (χ2n) is 15.4. The molecular weight excluding hydrogens is 735 g/mol. The number of morpholine rings is 1. The minimum atomic E-state index is -1.74. The highest BCUT2D eigenvalue weighted by molar-refractivity contribution is 6.21. The van der Waals surface area contributed by atoms with Crippen LogP contribution < -0.4 is 15.5 Å². The lowest BCUT2D eigenvalue weighted by atomic mass is 9.83. The molecule has 55 heavy (non-hydrogen) atoms. The lowest BCUT2D eigenvalue weighted by molar-refractivity contribution is -0.133. The van der Waals surface area contributed by atoms with Crippen molar-refractivity contribution in [2.24, 2.45) is 0 Å². The molecule has 290 valence electrons. The molecule has 7 atom stereocenters. The number of para-hydroxylation sites is 1. The minimum Gasteiger partial charge on any atom is -0.508 e. The summed E-state index contributed by atoms with van der Waals surface area (Å²) in [6.45, 7) is 3.77. The molecule has 0 saturated carbocycles. The molecule has 5 aliphatic rings. The number of hydrogen-bond donors (Lipinski definition) is 3. The lowest BCUT2D eigenvalue weighted by Crippen LogP contribution is -2.64. The maximum absolute atomic E-state index is 17.6. The fraction of sp³-hybridized carbons (Fsp3) is 0.475. The number of aromatic nitrogens is 2. The molecule has 0 bridgehead atoms. The highest BCUT2D eigenvalue weighted by Crippen LogP contribution is 2.46. The number of carbonyl (C=O) groups excluding carboxylic acids is 1. The number of phenols is 1. The fourth-order valence-corrected chi connectivity index (χ4v) is 10.0. The number of benzene rings is 3. The predicted molar refractivity (Wildman–Crippen MR) is 200 cm³/mol. The zero-order valence-corrected chi connectivity index (χ0v) is 31.1. The highest BCUT2D eigenvalue weighted by atomic mass is 35.5. The van der Waals surface area contributed by atoms with Crippen molar-refractivity contribution in [3.05, 3.63) is 82.9 Å². The molecule has 5 aliphatic heterocycles. The zero-order chi connectivity index (χ0) is 38.1. The second kappa shape index (κ2) is 14.1. The van der Waals surface area contributed by atoms with Crippen molar-refractivity contribution in [1.82, 2.24) is 35.5 Å². The van der Waals surface area contributed by atoms with Crippen LogP contribution in [0.1, 0.15) is 48.9 Å². The van der Waals surface area contributed by atoms with Gasteiger partial charge in [0.1, 0.15) is 35.4 Å². The van der Waals surface area contributed by atoms with Gasteiger partial charge in [0.15, 0.2) is 6.30 Å². The fourth-order valence-electron chi connectivity index (χ4n) is 9.74. The smallest absolute Gasteiger partial charge is 0.317 e. The molecule has 6 heterocycles. The first-order chi connectivity index (χ1) is 26.6. The Morgan fingerprint density at radius 2 is 2.02 bits per heavy atom. The van der Waals surface area contributed by atoms with Crippen LogP contribution in [0, 0.1) is 5.82 Å². The second-order valence-corrected chi connectivity index (χ2v) is 15.9. The first-order valence-corrected chi connectivity index (χ1v) is 19.4. The number of aryl methyl sites for hydroxylation is 1. The number of hydrogen-bond acceptors (Lipinski definition) is 10. The molecule has 0 spiro atoms. The van der Waals surface area contributed by atoms with E-state index in [0.717, 1.165) is 19.4 Å². The number of phenolic OH excluding ortho intramolecular Hbond substituents is 1. The van der Waals surface area contributed by atoms with Crippen molar-refractivity contribution in [2.75, 3.05) is 46.0 Å². The number of alkyl halides is 3. The average Bonchev–Trinajstić information content (AvgIpc) is 3.82. The number of rotatable bonds is 8. The first-order valence-electron chi connectivity index (χ1n) is 19.0. The Kier molecular flexibility index (Phi) is 9.32. The summed E-state index contributed by atoms with van der Waals surface area (Å²) in [4.78, 5) is 26.3. The topological polar surface area (TPSA) is 115 Å². The Labute approximate surface area is 321 Å². The van der Waals surface area contributed by atoms with Crippen molar-refractivity contribution in [3.63, 3.8) is 0 Å². The monoisotopic (exact) mass is 777 g/mol. The summed E-state index contributed by atoms with van der Waals surface area (Å²) in [6.07, 6.45) is 2.36. The van der Waals surface area contributed by atoms with Gasteiger partial charge in [0.2, 0.25) is 6.41 Å². The van der Waals surface area contributed by atoms with Gasteiger partial charge in [0, 0.05) is 43.1 Å². The van der Waals surface area contributed by atoms with E-state index in [0.29, 0.717) is 70.0 Å². The van der Waals surface area contributed by atoms with Gasteiger partial charge in [-0.25, -0.2) is 18.6 Å². The van der Waals surface area contributed by atoms with Crippen LogP contribution in [0.5, 0.6) is 11.8 Å². The summed E-state index contributed by atoms with van der Waals surface area (Å²) in [5, 5.41) is 17.4. The van der Waals surface area contributed by atoms with Crippen molar-refractivity contribution in [3.8, 4) is 11.8 Å². The van der Waals surface area contributed by atoms with E-state index in [1.165, 1.54) is 22.0 Å². The molecule has 4 aromatic rings. The largest absolute Gasteiger partial charge is 0.508 e. The third-order valence-electron chi connectivity index (χ3n) is 12.3. The molecule has 5 unspecified atom stereocenters. The molecule has 9 rings (SSSR count). The van der Waals surface area contributed by atoms with E-state index >= 15 is 8.78 Å². The molecule has 15 heteroatoms. The molecule has 3 N–H and O–H groups in total. The number of halogens is 4. The summed E-state index contributed by atoms with van der Waals surface area (Å²) >= 11 is 6.74. The molecule has 1 aromatic heterocycles. The van der Waals surface area contributed by atoms with Gasteiger partial charge in [-0.15, -0.1) is 0 Å². The van der Waals surface area contributed by atoms with E-state index in [4.69, 9.17) is 31.0 Å². The standard InChI is InChI=1S/C40H43ClF3N7O4/c1-2-27-31(43)9-8-23-12-26(53)13-29(35(23)27)30-17-45-16-25-15-40(48-51(25)37(30)44,33-19-54-20-34(41)50(33)22-52)36-28-6-3-4-7-32(28)46-38(47-36)55-21-39-10-5-11-49(39)18-24(42)14-39/h3-4,6-9,12-13,15,22,24,30,33-34,37,45,48,53H,2,5,10-11,14,16-21H2,1H3/t24-,30?,33?,34?,37?,39+,40?/m1/s1. The maximum Gasteiger partial charge on any atom is 0.317 e. The van der Waals surface area contributed by atoms with Gasteiger partial charge in [-0.05, 0) is 78.0 Å². The van der Waals surface area contributed by atoms with Crippen LogP contribution in [0.4, 0.5) is 13.2 Å². The van der Waals surface area contributed by atoms with Crippen LogP contribution in [-0.4, -0.2) is 112 Å². The molecule has 0 radical (unpaired) electrons. The molecule has 3 aromatic carbocycles. The Morgan fingerprint density at radius 3 is 2.85 bits per heavy atom. The van der Waals surface area contributed by atoms with Gasteiger partial charge < -0.3 is 24.8 Å². The van der Waals surface area contributed by atoms with E-state index in [1.807, 2.05) is 37.3 Å².